The summed E-state index contributed by atoms with van der Waals surface area (Å²) >= 11 is 0. The fraction of sp³-hybridized carbons (Fsp3) is 0.208. The zero-order valence-corrected chi connectivity index (χ0v) is 17.0. The number of halogens is 1. The average molecular weight is 430 g/mol. The minimum atomic E-state index is -1.01. The number of nitrogens with two attached hydrogens (primary N) is 1. The normalized spacial score (nSPS) is 21.2. The first-order valence-electron chi connectivity index (χ1n) is 10.3. The molecule has 0 radical (unpaired) electrons. The van der Waals surface area contributed by atoms with Crippen LogP contribution in [0.4, 0.5) is 4.39 Å². The molecule has 8 heteroatoms. The fourth-order valence-electron chi connectivity index (χ4n) is 4.51. The van der Waals surface area contributed by atoms with Gasteiger partial charge >= 0.3 is 0 Å². The molecule has 2 aromatic carbocycles. The molecule has 0 unspecified atom stereocenters. The van der Waals surface area contributed by atoms with Crippen LogP contribution in [0.1, 0.15) is 23.1 Å². The quantitative estimate of drug-likeness (QED) is 0.665. The van der Waals surface area contributed by atoms with Crippen molar-refractivity contribution in [3.8, 4) is 22.6 Å². The molecule has 0 saturated carbocycles. The van der Waals surface area contributed by atoms with E-state index < -0.39 is 11.4 Å². The lowest BCUT2D eigenvalue weighted by atomic mass is 9.79. The van der Waals surface area contributed by atoms with Gasteiger partial charge in [0.05, 0.1) is 13.2 Å². The molecule has 0 amide bonds. The largest absolute Gasteiger partial charge is 0.462 e. The van der Waals surface area contributed by atoms with Crippen LogP contribution in [0, 0.1) is 5.82 Å². The van der Waals surface area contributed by atoms with Crippen LogP contribution in [-0.2, 0) is 15.0 Å². The first kappa shape index (κ1) is 18.9. The van der Waals surface area contributed by atoms with Gasteiger partial charge in [0.25, 0.3) is 6.02 Å². The van der Waals surface area contributed by atoms with Crippen LogP contribution in [0.2, 0.25) is 0 Å². The summed E-state index contributed by atoms with van der Waals surface area (Å²) in [5.41, 5.74) is 9.85. The molecule has 32 heavy (non-hydrogen) atoms. The number of amidine groups is 1. The Labute approximate surface area is 183 Å². The Morgan fingerprint density at radius 3 is 2.59 bits per heavy atom. The van der Waals surface area contributed by atoms with Gasteiger partial charge in [-0.15, -0.1) is 0 Å². The van der Waals surface area contributed by atoms with Crippen molar-refractivity contribution < 1.29 is 18.6 Å². The highest BCUT2D eigenvalue weighted by Gasteiger charge is 2.48. The van der Waals surface area contributed by atoms with Crippen molar-refractivity contribution in [2.24, 2.45) is 10.7 Å². The molecule has 3 aromatic rings. The van der Waals surface area contributed by atoms with Gasteiger partial charge in [-0.05, 0) is 47.4 Å². The van der Waals surface area contributed by atoms with E-state index in [9.17, 15) is 0 Å². The number of aliphatic imine (C=N–C) groups is 1. The lowest BCUT2D eigenvalue weighted by Crippen LogP contribution is -2.31. The van der Waals surface area contributed by atoms with E-state index in [0.717, 1.165) is 27.8 Å². The molecular formula is C24H19FN4O3. The summed E-state index contributed by atoms with van der Waals surface area (Å²) in [6.45, 7) is 1.27. The SMILES string of the molecule is NC1=N[C@]2(CO1)c1cc(-c3cncnc3)ccc1Oc1c(F)cc(C3=CCOCC3)cc12. The van der Waals surface area contributed by atoms with Gasteiger partial charge in [-0.25, -0.2) is 19.4 Å². The highest BCUT2D eigenvalue weighted by Crippen LogP contribution is 2.53. The minimum Gasteiger partial charge on any atom is -0.462 e. The van der Waals surface area contributed by atoms with Crippen LogP contribution in [0.25, 0.3) is 16.7 Å². The predicted molar refractivity (Wildman–Crippen MR) is 116 cm³/mol. The number of fused-ring (bicyclic) bond motifs is 4. The number of nitrogens with zero attached hydrogens (tertiary/aromatic N) is 3. The third-order valence-electron chi connectivity index (χ3n) is 6.08. The van der Waals surface area contributed by atoms with Crippen LogP contribution in [0.5, 0.6) is 11.5 Å². The Hall–Kier alpha value is -3.78. The van der Waals surface area contributed by atoms with E-state index in [2.05, 4.69) is 15.0 Å². The monoisotopic (exact) mass is 430 g/mol. The smallest absolute Gasteiger partial charge is 0.283 e. The molecule has 160 valence electrons. The predicted octanol–water partition coefficient (Wildman–Crippen LogP) is 3.78. The van der Waals surface area contributed by atoms with Gasteiger partial charge in [0.2, 0.25) is 0 Å². The highest BCUT2D eigenvalue weighted by atomic mass is 19.1. The maximum Gasteiger partial charge on any atom is 0.283 e. The highest BCUT2D eigenvalue weighted by molar-refractivity contribution is 5.79. The average Bonchev–Trinajstić information content (AvgIpc) is 3.23. The zero-order chi connectivity index (χ0) is 21.7. The molecule has 0 bridgehead atoms. The van der Waals surface area contributed by atoms with E-state index in [1.807, 2.05) is 24.3 Å². The molecule has 3 aliphatic rings. The molecule has 4 heterocycles. The summed E-state index contributed by atoms with van der Waals surface area (Å²) in [5, 5.41) is 0. The van der Waals surface area contributed by atoms with E-state index in [-0.39, 0.29) is 18.4 Å². The summed E-state index contributed by atoms with van der Waals surface area (Å²) in [6.07, 6.45) is 7.64. The summed E-state index contributed by atoms with van der Waals surface area (Å²) in [6, 6.07) is 9.16. The second-order valence-electron chi connectivity index (χ2n) is 7.93. The van der Waals surface area contributed by atoms with Crippen molar-refractivity contribution in [3.63, 3.8) is 0 Å². The van der Waals surface area contributed by atoms with E-state index in [0.29, 0.717) is 30.9 Å². The van der Waals surface area contributed by atoms with Crippen molar-refractivity contribution in [1.29, 1.82) is 0 Å². The second kappa shape index (κ2) is 7.13. The molecular weight excluding hydrogens is 411 g/mol. The summed E-state index contributed by atoms with van der Waals surface area (Å²) in [4.78, 5) is 12.9. The Morgan fingerprint density at radius 2 is 1.84 bits per heavy atom. The Bertz CT molecular complexity index is 1290. The van der Waals surface area contributed by atoms with Gasteiger partial charge < -0.3 is 19.9 Å². The molecule has 0 saturated heterocycles. The van der Waals surface area contributed by atoms with Gasteiger partial charge in [-0.3, -0.25) is 0 Å². The van der Waals surface area contributed by atoms with Crippen molar-refractivity contribution in [3.05, 3.63) is 77.6 Å². The van der Waals surface area contributed by atoms with Crippen LogP contribution in [0.15, 0.2) is 60.1 Å². The number of benzene rings is 2. The summed E-state index contributed by atoms with van der Waals surface area (Å²) in [5.74, 6) is 0.208. The Balaban J connectivity index is 1.56. The van der Waals surface area contributed by atoms with Gasteiger partial charge in [0, 0.05) is 29.1 Å². The molecule has 6 rings (SSSR count). The summed E-state index contributed by atoms with van der Waals surface area (Å²) < 4.78 is 32.4. The van der Waals surface area contributed by atoms with E-state index in [4.69, 9.17) is 19.9 Å². The maximum absolute atomic E-state index is 15.3. The molecule has 2 N–H and O–H groups in total. The third-order valence-corrected chi connectivity index (χ3v) is 6.08. The maximum atomic E-state index is 15.3. The van der Waals surface area contributed by atoms with Crippen molar-refractivity contribution in [2.45, 2.75) is 12.0 Å². The summed E-state index contributed by atoms with van der Waals surface area (Å²) in [7, 11) is 0. The lowest BCUT2D eigenvalue weighted by Gasteiger charge is -2.34. The number of rotatable bonds is 2. The van der Waals surface area contributed by atoms with Crippen molar-refractivity contribution in [2.75, 3.05) is 19.8 Å². The topological polar surface area (TPSA) is 91.9 Å². The standard InChI is InChI=1S/C24H19FN4O3/c25-20-9-16(14-3-5-30-6-4-14)8-19-22(20)32-21-2-1-15(17-10-27-13-28-11-17)7-18(21)24(19)12-31-23(26)29-24/h1-3,7-11,13H,4-6,12H2,(H2,26,29)/t24-/m1/s1. The lowest BCUT2D eigenvalue weighted by molar-refractivity contribution is 0.161. The first-order chi connectivity index (χ1) is 15.6. The molecule has 0 fully saturated rings. The number of hydrogen-bond acceptors (Lipinski definition) is 7. The van der Waals surface area contributed by atoms with Crippen molar-refractivity contribution in [1.82, 2.24) is 9.97 Å². The molecule has 1 aromatic heterocycles. The molecule has 1 spiro atoms. The van der Waals surface area contributed by atoms with Gasteiger partial charge in [-0.1, -0.05) is 12.1 Å². The first-order valence-corrected chi connectivity index (χ1v) is 10.3. The van der Waals surface area contributed by atoms with Gasteiger partial charge in [0.15, 0.2) is 17.1 Å². The Kier molecular flexibility index (Phi) is 4.22. The third kappa shape index (κ3) is 2.87. The van der Waals surface area contributed by atoms with E-state index >= 15 is 4.39 Å². The van der Waals surface area contributed by atoms with E-state index in [1.165, 1.54) is 12.4 Å². The molecule has 1 atom stereocenters. The second-order valence-corrected chi connectivity index (χ2v) is 7.93. The van der Waals surface area contributed by atoms with Crippen LogP contribution >= 0.6 is 0 Å². The van der Waals surface area contributed by atoms with Crippen LogP contribution in [-0.4, -0.2) is 35.8 Å². The number of ether oxygens (including phenoxy) is 3. The van der Waals surface area contributed by atoms with Gasteiger partial charge in [0.1, 0.15) is 18.7 Å². The van der Waals surface area contributed by atoms with Crippen LogP contribution < -0.4 is 10.5 Å². The number of hydrogen-bond donors (Lipinski definition) is 1. The Morgan fingerprint density at radius 1 is 1.00 bits per heavy atom. The van der Waals surface area contributed by atoms with Gasteiger partial charge in [-0.2, -0.15) is 0 Å². The van der Waals surface area contributed by atoms with Crippen LogP contribution in [0.3, 0.4) is 0 Å². The fourth-order valence-corrected chi connectivity index (χ4v) is 4.51. The molecule has 7 nitrogen and oxygen atoms in total. The zero-order valence-electron chi connectivity index (χ0n) is 17.0. The molecule has 0 aliphatic carbocycles. The van der Waals surface area contributed by atoms with Crippen molar-refractivity contribution >= 4 is 11.6 Å². The molecule has 3 aliphatic heterocycles. The minimum absolute atomic E-state index is 0.0633. The number of aromatic nitrogens is 2. The van der Waals surface area contributed by atoms with E-state index in [1.54, 1.807) is 18.5 Å².